The van der Waals surface area contributed by atoms with Crippen molar-refractivity contribution in [1.29, 1.82) is 0 Å². The summed E-state index contributed by atoms with van der Waals surface area (Å²) >= 11 is 0. The molecule has 2 N–H and O–H groups in total. The number of halogens is 1. The number of amides is 2. The van der Waals surface area contributed by atoms with Crippen LogP contribution in [0.2, 0.25) is 0 Å². The predicted octanol–water partition coefficient (Wildman–Crippen LogP) is 3.43. The van der Waals surface area contributed by atoms with Gasteiger partial charge in [-0.3, -0.25) is 14.4 Å². The monoisotopic (exact) mass is 455 g/mol. The van der Waals surface area contributed by atoms with Crippen LogP contribution in [0, 0.1) is 26.6 Å². The fourth-order valence-corrected chi connectivity index (χ4v) is 5.45. The van der Waals surface area contributed by atoms with E-state index in [2.05, 4.69) is 5.32 Å². The van der Waals surface area contributed by atoms with E-state index in [1.54, 1.807) is 43.4 Å². The molecule has 2 saturated heterocycles. The molecule has 176 valence electrons. The number of ketones is 1. The number of aryl methyl sites for hydroxylation is 1. The highest BCUT2D eigenvalue weighted by Crippen LogP contribution is 2.35. The Hall–Kier alpha value is -3.00. The normalized spacial score (nSPS) is 22.2. The second kappa shape index (κ2) is 8.74. The summed E-state index contributed by atoms with van der Waals surface area (Å²) in [6, 6.07) is 4.05. The van der Waals surface area contributed by atoms with Crippen LogP contribution >= 0.6 is 0 Å². The molecule has 4 rings (SSSR count). The Morgan fingerprint density at radius 1 is 1.09 bits per heavy atom. The van der Waals surface area contributed by atoms with Gasteiger partial charge in [0.1, 0.15) is 5.82 Å². The van der Waals surface area contributed by atoms with E-state index in [0.29, 0.717) is 40.9 Å². The number of anilines is 1. The van der Waals surface area contributed by atoms with Crippen LogP contribution in [0.5, 0.6) is 0 Å². The number of aliphatic hydroxyl groups is 1. The first-order valence-electron chi connectivity index (χ1n) is 11.4. The molecule has 2 amide bonds. The fraction of sp³-hybridized carbons (Fsp3) is 0.480. The number of aliphatic hydroxyl groups excluding tert-OH is 1. The van der Waals surface area contributed by atoms with Gasteiger partial charge in [-0.25, -0.2) is 4.39 Å². The molecule has 2 aromatic rings. The zero-order valence-corrected chi connectivity index (χ0v) is 19.4. The number of hydrogen-bond acceptors (Lipinski definition) is 4. The van der Waals surface area contributed by atoms with E-state index in [0.717, 1.165) is 19.3 Å². The standard InChI is InChI=1S/C25H30FN3O4/c1-13-10-16(8-9-20(13)26)27-24(32)21-14(2)22(28(4)15(21)3)23(31)25(33)29-17-6-5-7-18(29)12-19(30)11-17/h8-10,17-19,30H,5-7,11-12H2,1-4H3,(H,27,32)/t17-,18+,19-. The number of Topliss-reactive ketones (excluding diaryl/α,β-unsaturated/α-hetero) is 1. The van der Waals surface area contributed by atoms with Gasteiger partial charge in [-0.15, -0.1) is 0 Å². The van der Waals surface area contributed by atoms with Crippen LogP contribution in [0.1, 0.15) is 69.8 Å². The minimum Gasteiger partial charge on any atom is -0.393 e. The zero-order valence-electron chi connectivity index (χ0n) is 19.4. The fourth-order valence-electron chi connectivity index (χ4n) is 5.45. The summed E-state index contributed by atoms with van der Waals surface area (Å²) in [7, 11) is 1.67. The Labute approximate surface area is 192 Å². The molecular weight excluding hydrogens is 425 g/mol. The van der Waals surface area contributed by atoms with Crippen LogP contribution < -0.4 is 5.32 Å². The van der Waals surface area contributed by atoms with Crippen molar-refractivity contribution >= 4 is 23.3 Å². The van der Waals surface area contributed by atoms with Gasteiger partial charge >= 0.3 is 0 Å². The van der Waals surface area contributed by atoms with Gasteiger partial charge in [0.05, 0.1) is 17.4 Å². The van der Waals surface area contributed by atoms with E-state index >= 15 is 0 Å². The summed E-state index contributed by atoms with van der Waals surface area (Å²) in [4.78, 5) is 41.4. The number of fused-ring (bicyclic) bond motifs is 2. The Balaban J connectivity index is 1.62. The number of aromatic nitrogens is 1. The lowest BCUT2D eigenvalue weighted by atomic mass is 9.82. The Bertz CT molecular complexity index is 1130. The first kappa shape index (κ1) is 23.2. The second-order valence-corrected chi connectivity index (χ2v) is 9.32. The number of carbonyl (C=O) groups is 3. The van der Waals surface area contributed by atoms with E-state index in [1.165, 1.54) is 12.1 Å². The summed E-state index contributed by atoms with van der Waals surface area (Å²) < 4.78 is 15.2. The van der Waals surface area contributed by atoms with Crippen LogP contribution in [-0.2, 0) is 11.8 Å². The largest absolute Gasteiger partial charge is 0.393 e. The lowest BCUT2D eigenvalue weighted by molar-refractivity contribution is -0.138. The Morgan fingerprint density at radius 3 is 2.33 bits per heavy atom. The smallest absolute Gasteiger partial charge is 0.297 e. The van der Waals surface area contributed by atoms with Crippen molar-refractivity contribution in [2.75, 3.05) is 5.32 Å². The highest BCUT2D eigenvalue weighted by molar-refractivity contribution is 6.43. The van der Waals surface area contributed by atoms with Crippen molar-refractivity contribution in [3.8, 4) is 0 Å². The van der Waals surface area contributed by atoms with Gasteiger partial charge < -0.3 is 19.9 Å². The summed E-state index contributed by atoms with van der Waals surface area (Å²) in [5.41, 5.74) is 2.38. The molecule has 1 aromatic carbocycles. The molecule has 3 atom stereocenters. The average Bonchev–Trinajstić information content (AvgIpc) is 2.97. The maximum absolute atomic E-state index is 13.6. The Morgan fingerprint density at radius 2 is 1.73 bits per heavy atom. The van der Waals surface area contributed by atoms with Gasteiger partial charge in [0.2, 0.25) is 0 Å². The SMILES string of the molecule is Cc1cc(NC(=O)c2c(C)c(C(=O)C(=O)N3[C@@H]4CCC[C@H]3C[C@H](O)C4)n(C)c2C)ccc1F. The van der Waals surface area contributed by atoms with E-state index in [1.807, 2.05) is 0 Å². The molecule has 0 aliphatic carbocycles. The predicted molar refractivity (Wildman–Crippen MR) is 122 cm³/mol. The maximum atomic E-state index is 13.6. The molecule has 0 spiro atoms. The molecule has 2 bridgehead atoms. The molecule has 2 aliphatic heterocycles. The van der Waals surface area contributed by atoms with E-state index in [4.69, 9.17) is 0 Å². The molecule has 0 saturated carbocycles. The third kappa shape index (κ3) is 4.08. The summed E-state index contributed by atoms with van der Waals surface area (Å²) in [5, 5.41) is 12.9. The lowest BCUT2D eigenvalue weighted by Gasteiger charge is -2.47. The highest BCUT2D eigenvalue weighted by atomic mass is 19.1. The molecule has 0 unspecified atom stereocenters. The molecule has 2 aliphatic rings. The van der Waals surface area contributed by atoms with E-state index in [9.17, 15) is 23.9 Å². The molecule has 8 heteroatoms. The summed E-state index contributed by atoms with van der Waals surface area (Å²) in [5.74, 6) is -1.98. The first-order valence-corrected chi connectivity index (χ1v) is 11.4. The minimum atomic E-state index is -0.636. The number of rotatable bonds is 4. The number of nitrogens with one attached hydrogen (secondary N) is 1. The van der Waals surface area contributed by atoms with Crippen molar-refractivity contribution in [3.63, 3.8) is 0 Å². The van der Waals surface area contributed by atoms with Gasteiger partial charge in [0, 0.05) is 30.5 Å². The highest BCUT2D eigenvalue weighted by Gasteiger charge is 2.43. The van der Waals surface area contributed by atoms with Crippen LogP contribution in [-0.4, -0.2) is 50.4 Å². The molecular formula is C25H30FN3O4. The van der Waals surface area contributed by atoms with E-state index in [-0.39, 0.29) is 23.6 Å². The van der Waals surface area contributed by atoms with Crippen LogP contribution in [0.3, 0.4) is 0 Å². The van der Waals surface area contributed by atoms with Gasteiger partial charge in [-0.05, 0) is 82.2 Å². The second-order valence-electron chi connectivity index (χ2n) is 9.32. The van der Waals surface area contributed by atoms with Gasteiger partial charge in [0.15, 0.2) is 0 Å². The average molecular weight is 456 g/mol. The van der Waals surface area contributed by atoms with Crippen molar-refractivity contribution < 1.29 is 23.9 Å². The van der Waals surface area contributed by atoms with Crippen LogP contribution in [0.15, 0.2) is 18.2 Å². The number of piperidine rings is 2. The van der Waals surface area contributed by atoms with Gasteiger partial charge in [-0.1, -0.05) is 0 Å². The molecule has 7 nitrogen and oxygen atoms in total. The van der Waals surface area contributed by atoms with Crippen LogP contribution in [0.25, 0.3) is 0 Å². The quantitative estimate of drug-likeness (QED) is 0.546. The van der Waals surface area contributed by atoms with Crippen molar-refractivity contribution in [1.82, 2.24) is 9.47 Å². The molecule has 1 aromatic heterocycles. The minimum absolute atomic E-state index is 0.130. The number of carbonyl (C=O) groups excluding carboxylic acids is 3. The van der Waals surface area contributed by atoms with Crippen molar-refractivity contribution in [2.45, 2.75) is 71.1 Å². The zero-order chi connectivity index (χ0) is 24.0. The first-order chi connectivity index (χ1) is 15.6. The van der Waals surface area contributed by atoms with Crippen LogP contribution in [0.4, 0.5) is 10.1 Å². The summed E-state index contributed by atoms with van der Waals surface area (Å²) in [6.45, 7) is 5.01. The Kier molecular flexibility index (Phi) is 6.14. The van der Waals surface area contributed by atoms with E-state index < -0.39 is 23.7 Å². The third-order valence-corrected chi connectivity index (χ3v) is 7.17. The molecule has 3 heterocycles. The molecule has 2 fully saturated rings. The van der Waals surface area contributed by atoms with Gasteiger partial charge in [0.25, 0.3) is 17.6 Å². The van der Waals surface area contributed by atoms with Crippen molar-refractivity contribution in [2.24, 2.45) is 7.05 Å². The number of nitrogens with zero attached hydrogens (tertiary/aromatic N) is 2. The number of hydrogen-bond donors (Lipinski definition) is 2. The molecule has 0 radical (unpaired) electrons. The third-order valence-electron chi connectivity index (χ3n) is 7.17. The lowest BCUT2D eigenvalue weighted by Crippen LogP contribution is -2.57. The molecule has 33 heavy (non-hydrogen) atoms. The number of benzene rings is 1. The van der Waals surface area contributed by atoms with Gasteiger partial charge in [-0.2, -0.15) is 0 Å². The topological polar surface area (TPSA) is 91.6 Å². The van der Waals surface area contributed by atoms with Crippen molar-refractivity contribution in [3.05, 3.63) is 52.1 Å². The summed E-state index contributed by atoms with van der Waals surface area (Å²) in [6.07, 6.45) is 3.08. The maximum Gasteiger partial charge on any atom is 0.297 e.